The first-order valence-corrected chi connectivity index (χ1v) is 11.2. The number of carbonyl (C=O) groups excluding carboxylic acids is 2. The Morgan fingerprint density at radius 3 is 1.86 bits per heavy atom. The van der Waals surface area contributed by atoms with E-state index in [-0.39, 0.29) is 19.6 Å². The number of hydrogen-bond acceptors (Lipinski definition) is 8. The SMILES string of the molecule is C=CCC(C(=O)OCC)(C(=O)OCC)[C@@H](C[N+](=O)[O-])c1ccccc1.O=[N+]([O-])/C=C/c1ccccc1. The molecule has 192 valence electrons. The smallest absolute Gasteiger partial charge is 0.324 e. The predicted molar refractivity (Wildman–Crippen MR) is 134 cm³/mol. The molecular formula is C26H30N2O8. The molecule has 0 radical (unpaired) electrons. The van der Waals surface area contributed by atoms with Crippen molar-refractivity contribution in [3.8, 4) is 0 Å². The molecule has 0 saturated carbocycles. The van der Waals surface area contributed by atoms with Crippen molar-refractivity contribution in [2.45, 2.75) is 26.2 Å². The lowest BCUT2D eigenvalue weighted by Crippen LogP contribution is -2.48. The normalized spacial score (nSPS) is 11.5. The fraction of sp³-hybridized carbons (Fsp3) is 0.308. The van der Waals surface area contributed by atoms with Crippen LogP contribution in [0.25, 0.3) is 6.08 Å². The topological polar surface area (TPSA) is 139 Å². The molecule has 10 nitrogen and oxygen atoms in total. The van der Waals surface area contributed by atoms with Crippen LogP contribution in [0, 0.1) is 25.6 Å². The summed E-state index contributed by atoms with van der Waals surface area (Å²) in [6, 6.07) is 17.6. The molecule has 0 aromatic heterocycles. The van der Waals surface area contributed by atoms with Crippen LogP contribution in [0.15, 0.2) is 79.5 Å². The zero-order valence-electron chi connectivity index (χ0n) is 20.3. The van der Waals surface area contributed by atoms with Gasteiger partial charge < -0.3 is 9.47 Å². The van der Waals surface area contributed by atoms with E-state index in [0.29, 0.717) is 5.56 Å². The standard InChI is InChI=1S/C18H23NO6.C8H7NO2/c1-4-12-18(16(20)24-5-2,17(21)25-6-3)15(13-19(22)23)14-10-8-7-9-11-14;10-9(11)7-6-8-4-2-1-3-5-8/h4,7-11,15H,1,5-6,12-13H2,2-3H3;1-7H/b;7-6+/t15-;/m0./s1. The minimum Gasteiger partial charge on any atom is -0.465 e. The van der Waals surface area contributed by atoms with Gasteiger partial charge in [0.1, 0.15) is 0 Å². The van der Waals surface area contributed by atoms with Gasteiger partial charge in [-0.3, -0.25) is 29.8 Å². The molecule has 2 rings (SSSR count). The average Bonchev–Trinajstić information content (AvgIpc) is 2.86. The van der Waals surface area contributed by atoms with E-state index in [1.54, 1.807) is 56.3 Å². The minimum atomic E-state index is -1.86. The summed E-state index contributed by atoms with van der Waals surface area (Å²) in [5, 5.41) is 21.2. The molecule has 2 aromatic carbocycles. The van der Waals surface area contributed by atoms with Crippen molar-refractivity contribution in [1.82, 2.24) is 0 Å². The molecule has 0 bridgehead atoms. The van der Waals surface area contributed by atoms with Crippen LogP contribution in [0.5, 0.6) is 0 Å². The van der Waals surface area contributed by atoms with Crippen LogP contribution in [-0.4, -0.2) is 41.5 Å². The van der Waals surface area contributed by atoms with Crippen LogP contribution >= 0.6 is 0 Å². The second-order valence-corrected chi connectivity index (χ2v) is 7.40. The highest BCUT2D eigenvalue weighted by molar-refractivity contribution is 6.01. The molecule has 0 saturated heterocycles. The maximum atomic E-state index is 12.8. The van der Waals surface area contributed by atoms with Gasteiger partial charge in [-0.15, -0.1) is 6.58 Å². The minimum absolute atomic E-state index is 0.0388. The number of ether oxygens (including phenoxy) is 2. The predicted octanol–water partition coefficient (Wildman–Crippen LogP) is 4.67. The quantitative estimate of drug-likeness (QED) is 0.135. The Morgan fingerprint density at radius 1 is 0.944 bits per heavy atom. The van der Waals surface area contributed by atoms with Crippen molar-refractivity contribution in [2.75, 3.05) is 19.8 Å². The number of nitro groups is 2. The third-order valence-corrected chi connectivity index (χ3v) is 5.06. The number of benzene rings is 2. The van der Waals surface area contributed by atoms with Gasteiger partial charge in [0.15, 0.2) is 5.41 Å². The van der Waals surface area contributed by atoms with Gasteiger partial charge in [0.2, 0.25) is 12.7 Å². The van der Waals surface area contributed by atoms with Gasteiger partial charge in [0, 0.05) is 11.0 Å². The van der Waals surface area contributed by atoms with Gasteiger partial charge in [-0.25, -0.2) is 0 Å². The summed E-state index contributed by atoms with van der Waals surface area (Å²) in [6.45, 7) is 6.27. The highest BCUT2D eigenvalue weighted by Gasteiger charge is 2.56. The molecule has 0 aliphatic rings. The van der Waals surface area contributed by atoms with E-state index in [2.05, 4.69) is 6.58 Å². The molecule has 2 aromatic rings. The third-order valence-electron chi connectivity index (χ3n) is 5.06. The van der Waals surface area contributed by atoms with Crippen molar-refractivity contribution in [1.29, 1.82) is 0 Å². The summed E-state index contributed by atoms with van der Waals surface area (Å²) in [5.41, 5.74) is -0.534. The number of nitrogens with zero attached hydrogens (tertiary/aromatic N) is 2. The molecule has 0 fully saturated rings. The number of esters is 2. The lowest BCUT2D eigenvalue weighted by molar-refractivity contribution is -0.485. The molecular weight excluding hydrogens is 468 g/mol. The van der Waals surface area contributed by atoms with E-state index < -0.39 is 39.7 Å². The maximum absolute atomic E-state index is 12.8. The summed E-state index contributed by atoms with van der Waals surface area (Å²) in [7, 11) is 0. The van der Waals surface area contributed by atoms with Gasteiger partial charge in [-0.1, -0.05) is 66.7 Å². The van der Waals surface area contributed by atoms with Crippen LogP contribution in [0.2, 0.25) is 0 Å². The Balaban J connectivity index is 0.000000488. The van der Waals surface area contributed by atoms with E-state index in [9.17, 15) is 29.8 Å². The maximum Gasteiger partial charge on any atom is 0.324 e. The summed E-state index contributed by atoms with van der Waals surface area (Å²) >= 11 is 0. The summed E-state index contributed by atoms with van der Waals surface area (Å²) in [6.07, 6.45) is 3.64. The Hall–Kier alpha value is -4.34. The van der Waals surface area contributed by atoms with Gasteiger partial charge in [0.05, 0.1) is 24.1 Å². The van der Waals surface area contributed by atoms with Gasteiger partial charge in [0.25, 0.3) is 0 Å². The van der Waals surface area contributed by atoms with Gasteiger partial charge >= 0.3 is 11.9 Å². The van der Waals surface area contributed by atoms with Crippen molar-refractivity contribution >= 4 is 18.0 Å². The molecule has 1 atom stereocenters. The lowest BCUT2D eigenvalue weighted by Gasteiger charge is -2.33. The third kappa shape index (κ3) is 8.79. The zero-order valence-corrected chi connectivity index (χ0v) is 20.3. The molecule has 0 N–H and O–H groups in total. The largest absolute Gasteiger partial charge is 0.465 e. The molecule has 0 aliphatic carbocycles. The Labute approximate surface area is 209 Å². The molecule has 0 aliphatic heterocycles. The number of allylic oxidation sites excluding steroid dienone is 1. The van der Waals surface area contributed by atoms with Crippen molar-refractivity contribution in [2.24, 2.45) is 5.41 Å². The van der Waals surface area contributed by atoms with Crippen LogP contribution in [0.4, 0.5) is 0 Å². The second kappa shape index (κ2) is 15.5. The van der Waals surface area contributed by atoms with Crippen molar-refractivity contribution < 1.29 is 28.9 Å². The fourth-order valence-electron chi connectivity index (χ4n) is 3.52. The molecule has 0 spiro atoms. The number of rotatable bonds is 12. The summed E-state index contributed by atoms with van der Waals surface area (Å²) in [5.74, 6) is -2.73. The van der Waals surface area contributed by atoms with Gasteiger partial charge in [-0.05, 0) is 31.4 Å². The first kappa shape index (κ1) is 29.7. The average molecular weight is 499 g/mol. The van der Waals surface area contributed by atoms with Crippen LogP contribution in [0.1, 0.15) is 37.3 Å². The molecule has 0 heterocycles. The van der Waals surface area contributed by atoms with E-state index in [0.717, 1.165) is 11.8 Å². The Kier molecular flexibility index (Phi) is 12.8. The first-order valence-electron chi connectivity index (χ1n) is 11.2. The second-order valence-electron chi connectivity index (χ2n) is 7.40. The molecule has 36 heavy (non-hydrogen) atoms. The summed E-state index contributed by atoms with van der Waals surface area (Å²) < 4.78 is 10.2. The first-order chi connectivity index (χ1) is 17.2. The molecule has 0 unspecified atom stereocenters. The fourth-order valence-corrected chi connectivity index (χ4v) is 3.52. The van der Waals surface area contributed by atoms with Crippen LogP contribution in [-0.2, 0) is 19.1 Å². The number of carbonyl (C=O) groups is 2. The zero-order chi connectivity index (χ0) is 27.0. The van der Waals surface area contributed by atoms with E-state index in [4.69, 9.17) is 9.47 Å². The Bertz CT molecular complexity index is 1020. The monoisotopic (exact) mass is 498 g/mol. The number of hydrogen-bond donors (Lipinski definition) is 0. The van der Waals surface area contributed by atoms with Crippen molar-refractivity contribution in [3.05, 3.63) is 111 Å². The summed E-state index contributed by atoms with van der Waals surface area (Å²) in [4.78, 5) is 45.7. The van der Waals surface area contributed by atoms with Gasteiger partial charge in [-0.2, -0.15) is 0 Å². The highest BCUT2D eigenvalue weighted by atomic mass is 16.6. The Morgan fingerprint density at radius 2 is 1.44 bits per heavy atom. The van der Waals surface area contributed by atoms with E-state index in [1.807, 2.05) is 18.2 Å². The van der Waals surface area contributed by atoms with E-state index in [1.165, 1.54) is 12.2 Å². The molecule has 10 heteroatoms. The van der Waals surface area contributed by atoms with E-state index >= 15 is 0 Å². The van der Waals surface area contributed by atoms with Crippen molar-refractivity contribution in [3.63, 3.8) is 0 Å². The molecule has 0 amide bonds. The van der Waals surface area contributed by atoms with Crippen LogP contribution < -0.4 is 0 Å². The van der Waals surface area contributed by atoms with Crippen LogP contribution in [0.3, 0.4) is 0 Å². The lowest BCUT2D eigenvalue weighted by atomic mass is 9.69. The highest BCUT2D eigenvalue weighted by Crippen LogP contribution is 2.42.